The van der Waals surface area contributed by atoms with E-state index in [0.717, 1.165) is 17.8 Å². The van der Waals surface area contributed by atoms with Crippen molar-refractivity contribution in [2.24, 2.45) is 17.8 Å². The van der Waals surface area contributed by atoms with E-state index in [0.29, 0.717) is 12.0 Å². The molecule has 0 bridgehead atoms. The van der Waals surface area contributed by atoms with Gasteiger partial charge >= 0.3 is 0 Å². The summed E-state index contributed by atoms with van der Waals surface area (Å²) >= 11 is 0. The van der Waals surface area contributed by atoms with Crippen LogP contribution in [0.1, 0.15) is 63.5 Å². The van der Waals surface area contributed by atoms with Crippen molar-refractivity contribution < 1.29 is 0 Å². The Morgan fingerprint density at radius 1 is 1.10 bits per heavy atom. The van der Waals surface area contributed by atoms with Crippen LogP contribution >= 0.6 is 0 Å². The Balaban J connectivity index is 1.63. The minimum atomic E-state index is 0.635. The Morgan fingerprint density at radius 3 is 2.33 bits per heavy atom. The number of benzene rings is 1. The van der Waals surface area contributed by atoms with E-state index >= 15 is 0 Å². The predicted molar refractivity (Wildman–Crippen MR) is 90.6 cm³/mol. The zero-order valence-electron chi connectivity index (χ0n) is 13.9. The van der Waals surface area contributed by atoms with Gasteiger partial charge in [0.2, 0.25) is 0 Å². The van der Waals surface area contributed by atoms with Gasteiger partial charge in [-0.1, -0.05) is 51.5 Å². The quantitative estimate of drug-likeness (QED) is 0.761. The summed E-state index contributed by atoms with van der Waals surface area (Å²) in [5.74, 6) is 3.70. The maximum absolute atomic E-state index is 3.85. The van der Waals surface area contributed by atoms with Gasteiger partial charge in [-0.3, -0.25) is 0 Å². The van der Waals surface area contributed by atoms with E-state index in [1.807, 2.05) is 0 Å². The van der Waals surface area contributed by atoms with Gasteiger partial charge in [-0.05, 0) is 67.0 Å². The molecule has 3 atom stereocenters. The van der Waals surface area contributed by atoms with Crippen LogP contribution in [0.15, 0.2) is 24.3 Å². The third-order valence-electron chi connectivity index (χ3n) is 5.70. The lowest BCUT2D eigenvalue weighted by Gasteiger charge is -2.21. The van der Waals surface area contributed by atoms with Gasteiger partial charge < -0.3 is 5.32 Å². The highest BCUT2D eigenvalue weighted by Gasteiger charge is 2.55. The molecule has 1 nitrogen and oxygen atoms in total. The molecular weight excluding hydrogens is 254 g/mol. The summed E-state index contributed by atoms with van der Waals surface area (Å²) in [5.41, 5.74) is 2.97. The number of nitrogens with one attached hydrogen (secondary N) is 1. The predicted octanol–water partition coefficient (Wildman–Crippen LogP) is 4.77. The lowest BCUT2D eigenvalue weighted by molar-refractivity contribution is 0.403. The molecule has 2 saturated carbocycles. The van der Waals surface area contributed by atoms with Gasteiger partial charge in [0, 0.05) is 6.04 Å². The summed E-state index contributed by atoms with van der Waals surface area (Å²) in [6.07, 6.45) is 6.92. The van der Waals surface area contributed by atoms with Crippen LogP contribution in [0.2, 0.25) is 0 Å². The van der Waals surface area contributed by atoms with Gasteiger partial charge in [0.05, 0.1) is 0 Å². The number of fused-ring (bicyclic) bond motifs is 1. The molecule has 21 heavy (non-hydrogen) atoms. The molecule has 0 radical (unpaired) electrons. The molecule has 3 rings (SSSR count). The Hall–Kier alpha value is -0.820. The first-order valence-corrected chi connectivity index (χ1v) is 9.03. The molecule has 0 amide bonds. The highest BCUT2D eigenvalue weighted by atomic mass is 14.9. The monoisotopic (exact) mass is 285 g/mol. The van der Waals surface area contributed by atoms with Gasteiger partial charge in [-0.2, -0.15) is 0 Å². The zero-order valence-corrected chi connectivity index (χ0v) is 13.9. The number of hydrogen-bond donors (Lipinski definition) is 1. The molecule has 2 aliphatic carbocycles. The molecule has 3 unspecified atom stereocenters. The molecule has 0 spiro atoms. The van der Waals surface area contributed by atoms with Crippen molar-refractivity contribution in [1.82, 2.24) is 5.32 Å². The Bertz CT molecular complexity index is 437. The average Bonchev–Trinajstić information content (AvgIpc) is 2.96. The maximum Gasteiger partial charge on any atom is 0.0141 e. The molecule has 1 aromatic carbocycles. The molecule has 0 aliphatic heterocycles. The second-order valence-corrected chi connectivity index (χ2v) is 7.50. The molecule has 116 valence electrons. The fourth-order valence-electron chi connectivity index (χ4n) is 4.44. The molecule has 1 aromatic rings. The van der Waals surface area contributed by atoms with E-state index in [4.69, 9.17) is 0 Å². The van der Waals surface area contributed by atoms with Gasteiger partial charge in [0.1, 0.15) is 0 Å². The summed E-state index contributed by atoms with van der Waals surface area (Å²) < 4.78 is 0. The second kappa shape index (κ2) is 6.52. The van der Waals surface area contributed by atoms with E-state index in [9.17, 15) is 0 Å². The number of hydrogen-bond acceptors (Lipinski definition) is 1. The van der Waals surface area contributed by atoms with Gasteiger partial charge in [-0.25, -0.2) is 0 Å². The van der Waals surface area contributed by atoms with Crippen molar-refractivity contribution in [1.29, 1.82) is 0 Å². The van der Waals surface area contributed by atoms with Crippen LogP contribution in [0.5, 0.6) is 0 Å². The van der Waals surface area contributed by atoms with E-state index in [1.54, 1.807) is 0 Å². The summed E-state index contributed by atoms with van der Waals surface area (Å²) in [4.78, 5) is 0. The average molecular weight is 285 g/mol. The molecule has 0 heterocycles. The van der Waals surface area contributed by atoms with Crippen LogP contribution in [0.3, 0.4) is 0 Å². The highest BCUT2D eigenvalue weighted by Crippen LogP contribution is 2.59. The van der Waals surface area contributed by atoms with Crippen molar-refractivity contribution in [2.45, 2.75) is 64.8 Å². The van der Waals surface area contributed by atoms with Crippen LogP contribution in [0.4, 0.5) is 0 Å². The Morgan fingerprint density at radius 2 is 1.76 bits per heavy atom. The lowest BCUT2D eigenvalue weighted by Crippen LogP contribution is -2.35. The van der Waals surface area contributed by atoms with Gasteiger partial charge in [0.25, 0.3) is 0 Å². The summed E-state index contributed by atoms with van der Waals surface area (Å²) in [6.45, 7) is 7.98. The maximum atomic E-state index is 3.85. The Kier molecular flexibility index (Phi) is 4.69. The van der Waals surface area contributed by atoms with Gasteiger partial charge in [-0.15, -0.1) is 0 Å². The van der Waals surface area contributed by atoms with Crippen molar-refractivity contribution in [3.05, 3.63) is 35.4 Å². The van der Waals surface area contributed by atoms with E-state index in [1.165, 1.54) is 49.8 Å². The van der Waals surface area contributed by atoms with Gasteiger partial charge in [0.15, 0.2) is 0 Å². The Labute approximate surface area is 130 Å². The topological polar surface area (TPSA) is 12.0 Å². The van der Waals surface area contributed by atoms with Crippen LogP contribution in [-0.4, -0.2) is 12.6 Å². The van der Waals surface area contributed by atoms with E-state index < -0.39 is 0 Å². The molecule has 1 N–H and O–H groups in total. The summed E-state index contributed by atoms with van der Waals surface area (Å²) in [6, 6.07) is 10.1. The minimum absolute atomic E-state index is 0.635. The molecule has 1 heteroatoms. The second-order valence-electron chi connectivity index (χ2n) is 7.50. The minimum Gasteiger partial charge on any atom is -0.313 e. The van der Waals surface area contributed by atoms with Crippen LogP contribution in [0, 0.1) is 17.8 Å². The van der Waals surface area contributed by atoms with Crippen molar-refractivity contribution in [3.63, 3.8) is 0 Å². The summed E-state index contributed by atoms with van der Waals surface area (Å²) in [5, 5.41) is 3.85. The fourth-order valence-corrected chi connectivity index (χ4v) is 4.44. The molecule has 2 aliphatic rings. The third-order valence-corrected chi connectivity index (χ3v) is 5.70. The zero-order chi connectivity index (χ0) is 14.8. The smallest absolute Gasteiger partial charge is 0.0141 e. The normalized spacial score (nSPS) is 28.7. The first kappa shape index (κ1) is 15.1. The van der Waals surface area contributed by atoms with Crippen molar-refractivity contribution in [3.8, 4) is 0 Å². The first-order chi connectivity index (χ1) is 10.2. The van der Waals surface area contributed by atoms with Crippen molar-refractivity contribution >= 4 is 0 Å². The van der Waals surface area contributed by atoms with E-state index in [2.05, 4.69) is 50.4 Å². The van der Waals surface area contributed by atoms with Crippen LogP contribution < -0.4 is 5.32 Å². The van der Waals surface area contributed by atoms with Crippen LogP contribution in [-0.2, 0) is 6.42 Å². The van der Waals surface area contributed by atoms with E-state index in [-0.39, 0.29) is 0 Å². The molecule has 0 aromatic heterocycles. The third kappa shape index (κ3) is 3.34. The largest absolute Gasteiger partial charge is 0.313 e. The standard InChI is InChI=1S/C20H31N/c1-4-12-21-19(20-17-6-5-7-18(17)20)13-15-8-10-16(11-9-15)14(2)3/h8-11,14,17-21H,4-7,12-13H2,1-3H3. The first-order valence-electron chi connectivity index (χ1n) is 9.03. The molecular formula is C20H31N. The fraction of sp³-hybridized carbons (Fsp3) is 0.700. The molecule has 0 saturated heterocycles. The van der Waals surface area contributed by atoms with Crippen molar-refractivity contribution in [2.75, 3.05) is 6.54 Å². The highest BCUT2D eigenvalue weighted by molar-refractivity contribution is 5.26. The number of rotatable bonds is 7. The van der Waals surface area contributed by atoms with Crippen LogP contribution in [0.25, 0.3) is 0 Å². The SMILES string of the molecule is CCCNC(Cc1ccc(C(C)C)cc1)C1C2CCCC21. The summed E-state index contributed by atoms with van der Waals surface area (Å²) in [7, 11) is 0. The molecule has 2 fully saturated rings. The lowest BCUT2D eigenvalue weighted by atomic mass is 9.95.